The molecule has 0 saturated carbocycles. The molecule has 100 valence electrons. The van der Waals surface area contributed by atoms with Gasteiger partial charge in [-0.3, -0.25) is 9.78 Å². The predicted molar refractivity (Wildman–Crippen MR) is 75.0 cm³/mol. The van der Waals surface area contributed by atoms with Crippen LogP contribution in [0.25, 0.3) is 0 Å². The fourth-order valence-electron chi connectivity index (χ4n) is 1.88. The molecule has 1 aromatic heterocycles. The number of carbonyl (C=O) groups excluding carboxylic acids is 1. The van der Waals surface area contributed by atoms with Crippen molar-refractivity contribution < 1.29 is 4.79 Å². The molecule has 4 heteroatoms. The van der Waals surface area contributed by atoms with Gasteiger partial charge in [0.15, 0.2) is 0 Å². The van der Waals surface area contributed by atoms with E-state index in [1.807, 2.05) is 26.8 Å². The van der Waals surface area contributed by atoms with Crippen LogP contribution in [0.3, 0.4) is 0 Å². The van der Waals surface area contributed by atoms with Crippen LogP contribution in [0.2, 0.25) is 0 Å². The molecule has 0 aromatic carbocycles. The molecule has 18 heavy (non-hydrogen) atoms. The molecule has 0 aliphatic carbocycles. The van der Waals surface area contributed by atoms with Crippen molar-refractivity contribution in [1.82, 2.24) is 10.3 Å². The summed E-state index contributed by atoms with van der Waals surface area (Å²) in [6.45, 7) is 8.85. The normalized spacial score (nSPS) is 12.0. The molecule has 1 rings (SSSR count). The van der Waals surface area contributed by atoms with E-state index in [0.29, 0.717) is 5.56 Å². The zero-order chi connectivity index (χ0) is 13.5. The molecular weight excluding hydrogens is 226 g/mol. The molecule has 0 fully saturated rings. The molecule has 1 unspecified atom stereocenters. The molecule has 2 N–H and O–H groups in total. The second kappa shape index (κ2) is 6.99. The van der Waals surface area contributed by atoms with Gasteiger partial charge in [-0.2, -0.15) is 0 Å². The highest BCUT2D eigenvalue weighted by Crippen LogP contribution is 2.15. The highest BCUT2D eigenvalue weighted by molar-refractivity contribution is 5.99. The fraction of sp³-hybridized carbons (Fsp3) is 0.571. The van der Waals surface area contributed by atoms with Gasteiger partial charge in [-0.05, 0) is 33.3 Å². The molecule has 0 radical (unpaired) electrons. The third-order valence-electron chi connectivity index (χ3n) is 2.75. The van der Waals surface area contributed by atoms with Crippen LogP contribution in [0.4, 0.5) is 5.69 Å². The van der Waals surface area contributed by atoms with Crippen LogP contribution in [-0.4, -0.2) is 23.5 Å². The van der Waals surface area contributed by atoms with Gasteiger partial charge in [0.2, 0.25) is 0 Å². The molecule has 0 aliphatic rings. The second-order valence-electron chi connectivity index (χ2n) is 4.56. The number of hydrogen-bond donors (Lipinski definition) is 2. The van der Waals surface area contributed by atoms with Gasteiger partial charge in [0.05, 0.1) is 11.3 Å². The van der Waals surface area contributed by atoms with Gasteiger partial charge in [-0.1, -0.05) is 13.3 Å². The van der Waals surface area contributed by atoms with E-state index in [9.17, 15) is 4.79 Å². The summed E-state index contributed by atoms with van der Waals surface area (Å²) in [6.07, 6.45) is 3.69. The van der Waals surface area contributed by atoms with E-state index in [1.165, 1.54) is 0 Å². The monoisotopic (exact) mass is 249 g/mol. The summed E-state index contributed by atoms with van der Waals surface area (Å²) in [7, 11) is 0. The maximum Gasteiger partial charge on any atom is 0.255 e. The van der Waals surface area contributed by atoms with Gasteiger partial charge in [-0.15, -0.1) is 0 Å². The van der Waals surface area contributed by atoms with Crippen molar-refractivity contribution in [2.24, 2.45) is 0 Å². The van der Waals surface area contributed by atoms with Gasteiger partial charge >= 0.3 is 0 Å². The first-order valence-electron chi connectivity index (χ1n) is 6.59. The molecule has 0 aliphatic heterocycles. The lowest BCUT2D eigenvalue weighted by atomic mass is 10.1. The van der Waals surface area contributed by atoms with Gasteiger partial charge in [0.1, 0.15) is 0 Å². The Morgan fingerprint density at radius 3 is 2.78 bits per heavy atom. The highest BCUT2D eigenvalue weighted by atomic mass is 16.1. The molecule has 1 atom stereocenters. The van der Waals surface area contributed by atoms with Gasteiger partial charge < -0.3 is 10.6 Å². The number of nitrogens with zero attached hydrogens (tertiary/aromatic N) is 1. The molecule has 1 amide bonds. The Kier molecular flexibility index (Phi) is 5.62. The summed E-state index contributed by atoms with van der Waals surface area (Å²) in [4.78, 5) is 16.3. The van der Waals surface area contributed by atoms with Crippen LogP contribution in [0.1, 0.15) is 49.7 Å². The number of aryl methyl sites for hydroxylation is 1. The predicted octanol–water partition coefficient (Wildman–Crippen LogP) is 2.74. The number of rotatable bonds is 6. The number of nitrogens with one attached hydrogen (secondary N) is 2. The minimum absolute atomic E-state index is 0.0561. The molecule has 0 saturated heterocycles. The Balaban J connectivity index is 2.84. The summed E-state index contributed by atoms with van der Waals surface area (Å²) in [5.74, 6) is -0.0561. The summed E-state index contributed by atoms with van der Waals surface area (Å²) >= 11 is 0. The Labute approximate surface area is 109 Å². The first-order valence-corrected chi connectivity index (χ1v) is 6.59. The van der Waals surface area contributed by atoms with Crippen LogP contribution in [-0.2, 0) is 0 Å². The number of anilines is 1. The Morgan fingerprint density at radius 1 is 1.44 bits per heavy atom. The molecule has 1 aromatic rings. The van der Waals surface area contributed by atoms with Crippen LogP contribution in [0, 0.1) is 6.92 Å². The summed E-state index contributed by atoms with van der Waals surface area (Å²) < 4.78 is 0. The maximum absolute atomic E-state index is 12.1. The van der Waals surface area contributed by atoms with E-state index in [4.69, 9.17) is 0 Å². The smallest absolute Gasteiger partial charge is 0.255 e. The SMILES string of the molecule is CCCC(C)NC(=O)c1cnc(C)cc1NCC. The summed E-state index contributed by atoms with van der Waals surface area (Å²) in [6, 6.07) is 2.10. The van der Waals surface area contributed by atoms with Crippen LogP contribution < -0.4 is 10.6 Å². The lowest BCUT2D eigenvalue weighted by Gasteiger charge is -2.15. The Morgan fingerprint density at radius 2 is 2.17 bits per heavy atom. The van der Waals surface area contributed by atoms with Crippen molar-refractivity contribution in [3.05, 3.63) is 23.5 Å². The second-order valence-corrected chi connectivity index (χ2v) is 4.56. The standard InChI is InChI=1S/C14H23N3O/c1-5-7-10(3)17-14(18)12-9-16-11(4)8-13(12)15-6-2/h8-10H,5-7H2,1-4H3,(H,15,16)(H,17,18). The van der Waals surface area contributed by atoms with Crippen molar-refractivity contribution in [1.29, 1.82) is 0 Å². The molecule has 0 spiro atoms. The molecular formula is C14H23N3O. The number of amides is 1. The third-order valence-corrected chi connectivity index (χ3v) is 2.75. The Hall–Kier alpha value is -1.58. The van der Waals surface area contributed by atoms with Crippen LogP contribution in [0.5, 0.6) is 0 Å². The van der Waals surface area contributed by atoms with Crippen molar-refractivity contribution >= 4 is 11.6 Å². The Bertz CT molecular complexity index is 404. The number of hydrogen-bond acceptors (Lipinski definition) is 3. The van der Waals surface area contributed by atoms with E-state index in [-0.39, 0.29) is 11.9 Å². The van der Waals surface area contributed by atoms with Gasteiger partial charge in [-0.25, -0.2) is 0 Å². The average Bonchev–Trinajstić information content (AvgIpc) is 2.29. The van der Waals surface area contributed by atoms with E-state index < -0.39 is 0 Å². The van der Waals surface area contributed by atoms with Crippen molar-refractivity contribution in [2.45, 2.75) is 46.6 Å². The van der Waals surface area contributed by atoms with Gasteiger partial charge in [0.25, 0.3) is 5.91 Å². The zero-order valence-electron chi connectivity index (χ0n) is 11.7. The van der Waals surface area contributed by atoms with E-state index in [1.54, 1.807) is 6.20 Å². The minimum Gasteiger partial charge on any atom is -0.385 e. The van der Waals surface area contributed by atoms with E-state index >= 15 is 0 Å². The fourth-order valence-corrected chi connectivity index (χ4v) is 1.88. The molecule has 4 nitrogen and oxygen atoms in total. The average molecular weight is 249 g/mol. The first kappa shape index (κ1) is 14.5. The highest BCUT2D eigenvalue weighted by Gasteiger charge is 2.14. The van der Waals surface area contributed by atoms with Crippen LogP contribution in [0.15, 0.2) is 12.3 Å². The number of carbonyl (C=O) groups is 1. The minimum atomic E-state index is -0.0561. The molecule has 0 bridgehead atoms. The largest absolute Gasteiger partial charge is 0.385 e. The summed E-state index contributed by atoms with van der Waals surface area (Å²) in [5, 5.41) is 6.20. The van der Waals surface area contributed by atoms with Crippen molar-refractivity contribution in [3.8, 4) is 0 Å². The first-order chi connectivity index (χ1) is 8.58. The van der Waals surface area contributed by atoms with E-state index in [2.05, 4.69) is 22.5 Å². The quantitative estimate of drug-likeness (QED) is 0.815. The summed E-state index contributed by atoms with van der Waals surface area (Å²) in [5.41, 5.74) is 2.38. The third kappa shape index (κ3) is 4.02. The van der Waals surface area contributed by atoms with E-state index in [0.717, 1.165) is 30.8 Å². The number of aromatic nitrogens is 1. The van der Waals surface area contributed by atoms with Crippen molar-refractivity contribution in [2.75, 3.05) is 11.9 Å². The lowest BCUT2D eigenvalue weighted by molar-refractivity contribution is 0.0939. The van der Waals surface area contributed by atoms with Gasteiger partial charge in [0, 0.05) is 24.5 Å². The topological polar surface area (TPSA) is 54.0 Å². The van der Waals surface area contributed by atoms with Crippen LogP contribution >= 0.6 is 0 Å². The van der Waals surface area contributed by atoms with Crippen molar-refractivity contribution in [3.63, 3.8) is 0 Å². The lowest BCUT2D eigenvalue weighted by Crippen LogP contribution is -2.33. The molecule has 1 heterocycles. The number of pyridine rings is 1. The zero-order valence-corrected chi connectivity index (χ0v) is 11.7. The maximum atomic E-state index is 12.1.